The number of rotatable bonds is 5. The van der Waals surface area contributed by atoms with Crippen LogP contribution in [0.4, 0.5) is 10.1 Å². The van der Waals surface area contributed by atoms with Gasteiger partial charge in [0.15, 0.2) is 5.65 Å². The van der Waals surface area contributed by atoms with Crippen molar-refractivity contribution >= 4 is 28.7 Å². The Kier molecular flexibility index (Phi) is 4.97. The molecule has 0 saturated heterocycles. The minimum atomic E-state index is -0.685. The van der Waals surface area contributed by atoms with Crippen molar-refractivity contribution < 1.29 is 9.50 Å². The molecule has 134 valence electrons. The fourth-order valence-electron chi connectivity index (χ4n) is 2.64. The Bertz CT molecular complexity index is 1010. The van der Waals surface area contributed by atoms with Gasteiger partial charge in [0.05, 0.1) is 12.1 Å². The highest BCUT2D eigenvalue weighted by molar-refractivity contribution is 5.78. The third-order valence-corrected chi connectivity index (χ3v) is 4.01. The van der Waals surface area contributed by atoms with Crippen molar-refractivity contribution in [3.63, 3.8) is 0 Å². The third kappa shape index (κ3) is 3.42. The molecule has 3 rings (SSSR count). The smallest absolute Gasteiger partial charge is 0.277 e. The normalized spacial score (nSPS) is 11.7. The summed E-state index contributed by atoms with van der Waals surface area (Å²) < 4.78 is 14.2. The lowest BCUT2D eigenvalue weighted by atomic mass is 10.1. The average Bonchev–Trinajstić information content (AvgIpc) is 2.65. The molecule has 0 amide bonds. The molecule has 0 atom stereocenters. The second-order valence-electron chi connectivity index (χ2n) is 5.96. The molecular weight excluding hydrogens is 335 g/mol. The molecule has 7 heteroatoms. The number of aryl methyl sites for hydroxylation is 1. The molecule has 0 bridgehead atoms. The molecule has 0 spiro atoms. The van der Waals surface area contributed by atoms with E-state index in [0.29, 0.717) is 16.7 Å². The molecule has 26 heavy (non-hydrogen) atoms. The number of benzene rings is 1. The number of nitrogens with zero attached hydrogens (tertiary/aromatic N) is 4. The maximum absolute atomic E-state index is 12.9. The molecule has 2 heterocycles. The topological polar surface area (TPSA) is 71.2 Å². The van der Waals surface area contributed by atoms with Crippen molar-refractivity contribution in [2.75, 3.05) is 25.7 Å². The Labute approximate surface area is 149 Å². The Morgan fingerprint density at radius 2 is 2.00 bits per heavy atom. The van der Waals surface area contributed by atoms with E-state index in [1.807, 2.05) is 31.1 Å². The van der Waals surface area contributed by atoms with Crippen molar-refractivity contribution in [3.8, 4) is 0 Å². The highest BCUT2D eigenvalue weighted by Gasteiger charge is 2.11. The second-order valence-corrected chi connectivity index (χ2v) is 5.96. The van der Waals surface area contributed by atoms with Crippen LogP contribution in [0.15, 0.2) is 47.4 Å². The van der Waals surface area contributed by atoms with Crippen LogP contribution in [0.3, 0.4) is 0 Å². The quantitative estimate of drug-likeness (QED) is 0.714. The van der Waals surface area contributed by atoms with Crippen LogP contribution in [0.5, 0.6) is 0 Å². The molecule has 2 aromatic heterocycles. The number of aromatic nitrogens is 3. The molecular formula is C19H19FN4O2. The monoisotopic (exact) mass is 354 g/mol. The Hall–Kier alpha value is -3.22. The molecule has 0 fully saturated rings. The summed E-state index contributed by atoms with van der Waals surface area (Å²) in [5.74, 6) is -0.0954. The Morgan fingerprint density at radius 3 is 2.65 bits per heavy atom. The van der Waals surface area contributed by atoms with E-state index in [0.717, 1.165) is 5.69 Å². The zero-order valence-corrected chi connectivity index (χ0v) is 14.6. The van der Waals surface area contributed by atoms with Gasteiger partial charge in [0.2, 0.25) is 0 Å². The SMILES string of the molecule is CN(C)c1ccc(/C(O)=C/c2nc3ncccc3n(CCF)c2=O)cc1. The first-order chi connectivity index (χ1) is 12.5. The van der Waals surface area contributed by atoms with E-state index in [-0.39, 0.29) is 18.0 Å². The van der Waals surface area contributed by atoms with Crippen LogP contribution in [-0.2, 0) is 6.54 Å². The number of aliphatic hydroxyl groups is 1. The van der Waals surface area contributed by atoms with Gasteiger partial charge < -0.3 is 14.6 Å². The molecule has 0 aliphatic carbocycles. The maximum Gasteiger partial charge on any atom is 0.277 e. The van der Waals surface area contributed by atoms with Gasteiger partial charge in [-0.2, -0.15) is 0 Å². The molecule has 0 unspecified atom stereocenters. The van der Waals surface area contributed by atoms with Crippen molar-refractivity contribution in [3.05, 3.63) is 64.2 Å². The number of hydrogen-bond acceptors (Lipinski definition) is 5. The lowest BCUT2D eigenvalue weighted by Gasteiger charge is -2.12. The Morgan fingerprint density at radius 1 is 1.27 bits per heavy atom. The van der Waals surface area contributed by atoms with Gasteiger partial charge in [-0.05, 0) is 36.4 Å². The van der Waals surface area contributed by atoms with Gasteiger partial charge in [0, 0.05) is 37.6 Å². The molecule has 0 aliphatic rings. The summed E-state index contributed by atoms with van der Waals surface area (Å²) in [7, 11) is 3.84. The highest BCUT2D eigenvalue weighted by atomic mass is 19.1. The van der Waals surface area contributed by atoms with Gasteiger partial charge in [0.25, 0.3) is 5.56 Å². The average molecular weight is 354 g/mol. The fourth-order valence-corrected chi connectivity index (χ4v) is 2.64. The van der Waals surface area contributed by atoms with Gasteiger partial charge in [0.1, 0.15) is 18.1 Å². The lowest BCUT2D eigenvalue weighted by Crippen LogP contribution is -2.25. The third-order valence-electron chi connectivity index (χ3n) is 4.01. The van der Waals surface area contributed by atoms with Crippen LogP contribution < -0.4 is 10.5 Å². The number of pyridine rings is 1. The molecule has 6 nitrogen and oxygen atoms in total. The van der Waals surface area contributed by atoms with Gasteiger partial charge in [-0.15, -0.1) is 0 Å². The maximum atomic E-state index is 12.9. The van der Waals surface area contributed by atoms with Crippen molar-refractivity contribution in [2.24, 2.45) is 0 Å². The highest BCUT2D eigenvalue weighted by Crippen LogP contribution is 2.19. The van der Waals surface area contributed by atoms with Crippen LogP contribution >= 0.6 is 0 Å². The van der Waals surface area contributed by atoms with Crippen molar-refractivity contribution in [1.29, 1.82) is 0 Å². The summed E-state index contributed by atoms with van der Waals surface area (Å²) >= 11 is 0. The number of fused-ring (bicyclic) bond motifs is 1. The van der Waals surface area contributed by atoms with Gasteiger partial charge >= 0.3 is 0 Å². The minimum absolute atomic E-state index is 0.0128. The number of hydrogen-bond donors (Lipinski definition) is 1. The molecule has 1 aromatic carbocycles. The van der Waals surface area contributed by atoms with E-state index in [1.165, 1.54) is 10.6 Å². The predicted molar refractivity (Wildman–Crippen MR) is 101 cm³/mol. The summed E-state index contributed by atoms with van der Waals surface area (Å²) in [6.45, 7) is -0.780. The van der Waals surface area contributed by atoms with Crippen LogP contribution in [0.2, 0.25) is 0 Å². The van der Waals surface area contributed by atoms with E-state index < -0.39 is 12.2 Å². The Balaban J connectivity index is 2.08. The van der Waals surface area contributed by atoms with E-state index in [9.17, 15) is 14.3 Å². The first kappa shape index (κ1) is 17.6. The summed E-state index contributed by atoms with van der Waals surface area (Å²) in [5, 5.41) is 10.4. The van der Waals surface area contributed by atoms with Gasteiger partial charge in [-0.25, -0.2) is 14.4 Å². The summed E-state index contributed by atoms with van der Waals surface area (Å²) in [6.07, 6.45) is 2.84. The minimum Gasteiger partial charge on any atom is -0.507 e. The molecule has 0 saturated carbocycles. The van der Waals surface area contributed by atoms with E-state index in [2.05, 4.69) is 9.97 Å². The number of aliphatic hydroxyl groups excluding tert-OH is 1. The molecule has 1 N–H and O–H groups in total. The number of halogens is 1. The molecule has 0 aliphatic heterocycles. The van der Waals surface area contributed by atoms with E-state index >= 15 is 0 Å². The van der Waals surface area contributed by atoms with Crippen LogP contribution in [-0.4, -0.2) is 40.4 Å². The van der Waals surface area contributed by atoms with E-state index in [1.54, 1.807) is 30.5 Å². The van der Waals surface area contributed by atoms with Crippen molar-refractivity contribution in [1.82, 2.24) is 14.5 Å². The van der Waals surface area contributed by atoms with Crippen molar-refractivity contribution in [2.45, 2.75) is 6.54 Å². The number of anilines is 1. The van der Waals surface area contributed by atoms with Crippen LogP contribution in [0.25, 0.3) is 23.0 Å². The second kappa shape index (κ2) is 7.35. The largest absolute Gasteiger partial charge is 0.507 e. The fraction of sp³-hybridized carbons (Fsp3) is 0.211. The summed E-state index contributed by atoms with van der Waals surface area (Å²) in [4.78, 5) is 22.9. The predicted octanol–water partition coefficient (Wildman–Crippen LogP) is 2.88. The molecule has 0 radical (unpaired) electrons. The summed E-state index contributed by atoms with van der Waals surface area (Å²) in [6, 6.07) is 10.5. The standard InChI is InChI=1S/C19H19FN4O2/c1-23(2)14-7-5-13(6-8-14)17(25)12-15-19(26)24(11-9-20)16-4-3-10-21-18(16)22-15/h3-8,10,12,25H,9,11H2,1-2H3/b17-12-. The van der Waals surface area contributed by atoms with Crippen LogP contribution in [0, 0.1) is 0 Å². The van der Waals surface area contributed by atoms with Crippen LogP contribution in [0.1, 0.15) is 11.3 Å². The summed E-state index contributed by atoms with van der Waals surface area (Å²) in [5.41, 5.74) is 1.86. The zero-order chi connectivity index (χ0) is 18.7. The van der Waals surface area contributed by atoms with Gasteiger partial charge in [-0.3, -0.25) is 4.79 Å². The number of alkyl halides is 1. The molecule has 3 aromatic rings. The van der Waals surface area contributed by atoms with E-state index in [4.69, 9.17) is 0 Å². The first-order valence-electron chi connectivity index (χ1n) is 8.11. The van der Waals surface area contributed by atoms with Gasteiger partial charge in [-0.1, -0.05) is 0 Å². The zero-order valence-electron chi connectivity index (χ0n) is 14.6. The first-order valence-corrected chi connectivity index (χ1v) is 8.11. The lowest BCUT2D eigenvalue weighted by molar-refractivity contribution is 0.445.